The quantitative estimate of drug-likeness (QED) is 0.596. The number of rotatable bonds is 7. The summed E-state index contributed by atoms with van der Waals surface area (Å²) in [5.41, 5.74) is 0. The molecule has 0 bridgehead atoms. The molecule has 1 rings (SSSR count). The molecule has 4 nitrogen and oxygen atoms in total. The molecule has 1 heterocycles. The number of methoxy groups -OCH3 is 1. The summed E-state index contributed by atoms with van der Waals surface area (Å²) < 4.78 is 4.88. The Hall–Kier alpha value is -0.160. The first-order valence-electron chi connectivity index (χ1n) is 6.36. The van der Waals surface area contributed by atoms with Crippen molar-refractivity contribution in [3.63, 3.8) is 0 Å². The minimum absolute atomic E-state index is 0.397. The van der Waals surface area contributed by atoms with Crippen LogP contribution in [0, 0.1) is 0 Å². The summed E-state index contributed by atoms with van der Waals surface area (Å²) in [5, 5.41) is 16.4. The topological polar surface area (TPSA) is 53.5 Å². The summed E-state index contributed by atoms with van der Waals surface area (Å²) in [6, 6.07) is 1.10. The number of piperidine rings is 1. The zero-order valence-corrected chi connectivity index (χ0v) is 10.5. The van der Waals surface area contributed by atoms with Crippen LogP contribution in [0.1, 0.15) is 32.6 Å². The lowest BCUT2D eigenvalue weighted by Crippen LogP contribution is -2.42. The molecule has 0 aromatic heterocycles. The molecule has 16 heavy (non-hydrogen) atoms. The average molecular weight is 230 g/mol. The standard InChI is InChI=1S/C12H26N2O2/c1-10(14-8-12(15)9-16-2)7-11-5-3-4-6-13-11/h10-15H,3-9H2,1-2H3. The van der Waals surface area contributed by atoms with Crippen LogP contribution in [-0.4, -0.2) is 50.1 Å². The van der Waals surface area contributed by atoms with E-state index in [1.54, 1.807) is 7.11 Å². The smallest absolute Gasteiger partial charge is 0.0897 e. The van der Waals surface area contributed by atoms with E-state index in [2.05, 4.69) is 17.6 Å². The Morgan fingerprint density at radius 3 is 2.94 bits per heavy atom. The fourth-order valence-corrected chi connectivity index (χ4v) is 2.22. The molecular weight excluding hydrogens is 204 g/mol. The largest absolute Gasteiger partial charge is 0.389 e. The van der Waals surface area contributed by atoms with E-state index >= 15 is 0 Å². The second kappa shape index (κ2) is 8.01. The number of ether oxygens (including phenoxy) is 1. The molecular formula is C12H26N2O2. The van der Waals surface area contributed by atoms with E-state index in [1.807, 2.05) is 0 Å². The lowest BCUT2D eigenvalue weighted by Gasteiger charge is -2.27. The SMILES string of the molecule is COCC(O)CNC(C)CC1CCCCN1. The van der Waals surface area contributed by atoms with Crippen molar-refractivity contribution in [2.75, 3.05) is 26.8 Å². The van der Waals surface area contributed by atoms with E-state index in [-0.39, 0.29) is 0 Å². The summed E-state index contributed by atoms with van der Waals surface area (Å²) in [6.07, 6.45) is 4.68. The van der Waals surface area contributed by atoms with Gasteiger partial charge in [-0.25, -0.2) is 0 Å². The minimum Gasteiger partial charge on any atom is -0.389 e. The van der Waals surface area contributed by atoms with Crippen LogP contribution in [0.2, 0.25) is 0 Å². The summed E-state index contributed by atoms with van der Waals surface area (Å²) in [7, 11) is 1.61. The maximum atomic E-state index is 9.50. The fourth-order valence-electron chi connectivity index (χ4n) is 2.22. The molecule has 0 aromatic rings. The van der Waals surface area contributed by atoms with Gasteiger partial charge in [0.15, 0.2) is 0 Å². The first kappa shape index (κ1) is 13.9. The van der Waals surface area contributed by atoms with Gasteiger partial charge in [0.1, 0.15) is 0 Å². The number of nitrogens with one attached hydrogen (secondary N) is 2. The third-order valence-corrected chi connectivity index (χ3v) is 3.11. The van der Waals surface area contributed by atoms with E-state index in [0.29, 0.717) is 25.2 Å². The highest BCUT2D eigenvalue weighted by molar-refractivity contribution is 4.77. The lowest BCUT2D eigenvalue weighted by atomic mass is 9.99. The summed E-state index contributed by atoms with van der Waals surface area (Å²) >= 11 is 0. The second-order valence-corrected chi connectivity index (χ2v) is 4.80. The van der Waals surface area contributed by atoms with Crippen LogP contribution in [0.4, 0.5) is 0 Å². The van der Waals surface area contributed by atoms with Gasteiger partial charge in [0, 0.05) is 25.7 Å². The van der Waals surface area contributed by atoms with E-state index in [0.717, 1.165) is 13.0 Å². The Balaban J connectivity index is 2.07. The van der Waals surface area contributed by atoms with Crippen LogP contribution in [0.5, 0.6) is 0 Å². The Bertz CT molecular complexity index is 172. The number of aliphatic hydroxyl groups is 1. The molecule has 0 spiro atoms. The second-order valence-electron chi connectivity index (χ2n) is 4.80. The highest BCUT2D eigenvalue weighted by Crippen LogP contribution is 2.11. The summed E-state index contributed by atoms with van der Waals surface area (Å²) in [6.45, 7) is 4.35. The van der Waals surface area contributed by atoms with Crippen LogP contribution in [0.3, 0.4) is 0 Å². The van der Waals surface area contributed by atoms with Gasteiger partial charge in [0.05, 0.1) is 12.7 Å². The molecule has 0 aromatic carbocycles. The lowest BCUT2D eigenvalue weighted by molar-refractivity contribution is 0.0625. The molecule has 0 radical (unpaired) electrons. The van der Waals surface area contributed by atoms with E-state index < -0.39 is 6.10 Å². The van der Waals surface area contributed by atoms with Crippen molar-refractivity contribution >= 4 is 0 Å². The van der Waals surface area contributed by atoms with Crippen molar-refractivity contribution in [3.8, 4) is 0 Å². The molecule has 96 valence electrons. The van der Waals surface area contributed by atoms with Crippen LogP contribution < -0.4 is 10.6 Å². The fraction of sp³-hybridized carbons (Fsp3) is 1.00. The molecule has 3 atom stereocenters. The maximum absolute atomic E-state index is 9.50. The monoisotopic (exact) mass is 230 g/mol. The molecule has 1 aliphatic heterocycles. The number of hydrogen-bond acceptors (Lipinski definition) is 4. The summed E-state index contributed by atoms with van der Waals surface area (Å²) in [4.78, 5) is 0. The van der Waals surface area contributed by atoms with Gasteiger partial charge in [-0.3, -0.25) is 0 Å². The molecule has 0 aliphatic carbocycles. The maximum Gasteiger partial charge on any atom is 0.0897 e. The molecule has 1 fully saturated rings. The van der Waals surface area contributed by atoms with Crippen molar-refractivity contribution < 1.29 is 9.84 Å². The Kier molecular flexibility index (Phi) is 6.96. The Labute approximate surface area is 98.8 Å². The van der Waals surface area contributed by atoms with E-state index in [9.17, 15) is 5.11 Å². The van der Waals surface area contributed by atoms with Gasteiger partial charge in [-0.2, -0.15) is 0 Å². The van der Waals surface area contributed by atoms with Gasteiger partial charge in [0.25, 0.3) is 0 Å². The van der Waals surface area contributed by atoms with Crippen molar-refractivity contribution in [1.82, 2.24) is 10.6 Å². The van der Waals surface area contributed by atoms with Crippen molar-refractivity contribution in [2.45, 2.75) is 50.8 Å². The van der Waals surface area contributed by atoms with Crippen LogP contribution in [0.15, 0.2) is 0 Å². The molecule has 3 N–H and O–H groups in total. The van der Waals surface area contributed by atoms with Gasteiger partial charge < -0.3 is 20.5 Å². The van der Waals surface area contributed by atoms with E-state index in [4.69, 9.17) is 4.74 Å². The molecule has 0 saturated carbocycles. The van der Waals surface area contributed by atoms with Gasteiger partial charge in [-0.05, 0) is 32.7 Å². The minimum atomic E-state index is -0.397. The highest BCUT2D eigenvalue weighted by Gasteiger charge is 2.16. The van der Waals surface area contributed by atoms with Crippen molar-refractivity contribution in [2.24, 2.45) is 0 Å². The molecule has 4 heteroatoms. The summed E-state index contributed by atoms with van der Waals surface area (Å²) in [5.74, 6) is 0. The Morgan fingerprint density at radius 2 is 2.31 bits per heavy atom. The van der Waals surface area contributed by atoms with Crippen LogP contribution in [0.25, 0.3) is 0 Å². The van der Waals surface area contributed by atoms with Crippen molar-refractivity contribution in [1.29, 1.82) is 0 Å². The van der Waals surface area contributed by atoms with E-state index in [1.165, 1.54) is 19.3 Å². The Morgan fingerprint density at radius 1 is 1.50 bits per heavy atom. The van der Waals surface area contributed by atoms with Crippen molar-refractivity contribution in [3.05, 3.63) is 0 Å². The molecule has 1 saturated heterocycles. The van der Waals surface area contributed by atoms with Gasteiger partial charge in [-0.15, -0.1) is 0 Å². The first-order valence-corrected chi connectivity index (χ1v) is 6.36. The third kappa shape index (κ3) is 5.80. The van der Waals surface area contributed by atoms with Crippen LogP contribution >= 0.6 is 0 Å². The zero-order valence-electron chi connectivity index (χ0n) is 10.5. The van der Waals surface area contributed by atoms with Gasteiger partial charge >= 0.3 is 0 Å². The molecule has 1 aliphatic rings. The average Bonchev–Trinajstić information content (AvgIpc) is 2.28. The first-order chi connectivity index (χ1) is 7.72. The predicted molar refractivity (Wildman–Crippen MR) is 65.6 cm³/mol. The zero-order chi connectivity index (χ0) is 11.8. The highest BCUT2D eigenvalue weighted by atomic mass is 16.5. The molecule has 3 unspecified atom stereocenters. The predicted octanol–water partition coefficient (Wildman–Crippen LogP) is 0.504. The van der Waals surface area contributed by atoms with Crippen LogP contribution in [-0.2, 0) is 4.74 Å². The van der Waals surface area contributed by atoms with Gasteiger partial charge in [0.2, 0.25) is 0 Å². The number of hydrogen-bond donors (Lipinski definition) is 3. The number of aliphatic hydroxyl groups excluding tert-OH is 1. The van der Waals surface area contributed by atoms with Gasteiger partial charge in [-0.1, -0.05) is 6.42 Å². The normalized spacial score (nSPS) is 25.3. The molecule has 0 amide bonds. The third-order valence-electron chi connectivity index (χ3n) is 3.11.